The highest BCUT2D eigenvalue weighted by molar-refractivity contribution is 5.91. The average Bonchev–Trinajstić information content (AvgIpc) is 3.40. The Labute approximate surface area is 183 Å². The third-order valence-corrected chi connectivity index (χ3v) is 7.67. The first-order valence-corrected chi connectivity index (χ1v) is 11.2. The van der Waals surface area contributed by atoms with Crippen LogP contribution in [0, 0.1) is 12.3 Å². The quantitative estimate of drug-likeness (QED) is 0.698. The number of carbonyl (C=O) groups is 2. The van der Waals surface area contributed by atoms with Crippen LogP contribution >= 0.6 is 0 Å². The first-order chi connectivity index (χ1) is 14.9. The predicted molar refractivity (Wildman–Crippen MR) is 117 cm³/mol. The smallest absolute Gasteiger partial charge is 0.333 e. The van der Waals surface area contributed by atoms with E-state index in [1.807, 2.05) is 4.90 Å². The Balaban J connectivity index is 1.21. The van der Waals surface area contributed by atoms with E-state index < -0.39 is 0 Å². The maximum absolute atomic E-state index is 13.3. The normalized spacial score (nSPS) is 25.1. The zero-order valence-corrected chi connectivity index (χ0v) is 18.4. The second kappa shape index (κ2) is 7.52. The SMILES string of the molecule is C=C1OCc2c1ccc(CCN1CCC3(CC1)CC(C)N(C1=CC(=O)OC1)C3=O)c2C. The summed E-state index contributed by atoms with van der Waals surface area (Å²) in [5, 5.41) is 0. The number of rotatable bonds is 4. The van der Waals surface area contributed by atoms with Crippen molar-refractivity contribution >= 4 is 17.6 Å². The molecule has 0 aromatic heterocycles. The van der Waals surface area contributed by atoms with Gasteiger partial charge in [-0.2, -0.15) is 0 Å². The number of amides is 1. The number of likely N-dealkylation sites (tertiary alicyclic amines) is 2. The van der Waals surface area contributed by atoms with Gasteiger partial charge in [-0.15, -0.1) is 0 Å². The van der Waals surface area contributed by atoms with E-state index in [1.165, 1.54) is 22.8 Å². The molecule has 1 amide bonds. The van der Waals surface area contributed by atoms with Crippen LogP contribution in [0.2, 0.25) is 0 Å². The molecular formula is C25H30N2O4. The molecule has 5 rings (SSSR count). The lowest BCUT2D eigenvalue weighted by molar-refractivity contribution is -0.138. The lowest BCUT2D eigenvalue weighted by Crippen LogP contribution is -2.45. The van der Waals surface area contributed by atoms with E-state index in [1.54, 1.807) is 0 Å². The number of hydrogen-bond acceptors (Lipinski definition) is 5. The Morgan fingerprint density at radius 1 is 1.16 bits per heavy atom. The van der Waals surface area contributed by atoms with Crippen LogP contribution in [0.5, 0.6) is 0 Å². The molecule has 0 aliphatic carbocycles. The van der Waals surface area contributed by atoms with Crippen molar-refractivity contribution in [3.8, 4) is 0 Å². The summed E-state index contributed by atoms with van der Waals surface area (Å²) in [6.07, 6.45) is 5.10. The summed E-state index contributed by atoms with van der Waals surface area (Å²) < 4.78 is 10.6. The van der Waals surface area contributed by atoms with Gasteiger partial charge in [-0.1, -0.05) is 18.7 Å². The van der Waals surface area contributed by atoms with Gasteiger partial charge in [0.05, 0.1) is 11.1 Å². The number of carbonyl (C=O) groups excluding carboxylic acids is 2. The van der Waals surface area contributed by atoms with E-state index in [0.717, 1.165) is 62.3 Å². The summed E-state index contributed by atoms with van der Waals surface area (Å²) in [6, 6.07) is 4.46. The first-order valence-electron chi connectivity index (χ1n) is 11.2. The maximum Gasteiger partial charge on any atom is 0.333 e. The van der Waals surface area contributed by atoms with Crippen LogP contribution in [0.1, 0.15) is 48.4 Å². The summed E-state index contributed by atoms with van der Waals surface area (Å²) in [7, 11) is 0. The Morgan fingerprint density at radius 3 is 2.65 bits per heavy atom. The van der Waals surface area contributed by atoms with Gasteiger partial charge in [0.1, 0.15) is 19.0 Å². The van der Waals surface area contributed by atoms with Gasteiger partial charge in [-0.05, 0) is 63.7 Å². The second-order valence-electron chi connectivity index (χ2n) is 9.43. The fourth-order valence-electron chi connectivity index (χ4n) is 5.78. The number of ether oxygens (including phenoxy) is 2. The molecule has 1 aromatic rings. The number of piperidine rings is 1. The maximum atomic E-state index is 13.3. The van der Waals surface area contributed by atoms with Gasteiger partial charge in [0.25, 0.3) is 0 Å². The van der Waals surface area contributed by atoms with Crippen LogP contribution in [0.15, 0.2) is 30.5 Å². The van der Waals surface area contributed by atoms with Crippen molar-refractivity contribution in [2.75, 3.05) is 26.2 Å². The van der Waals surface area contributed by atoms with Gasteiger partial charge in [-0.3, -0.25) is 4.79 Å². The van der Waals surface area contributed by atoms with Crippen molar-refractivity contribution in [3.05, 3.63) is 52.7 Å². The van der Waals surface area contributed by atoms with Crippen LogP contribution < -0.4 is 0 Å². The topological polar surface area (TPSA) is 59.1 Å². The molecule has 1 unspecified atom stereocenters. The van der Waals surface area contributed by atoms with Gasteiger partial charge in [-0.25, -0.2) is 4.79 Å². The van der Waals surface area contributed by atoms with Gasteiger partial charge >= 0.3 is 5.97 Å². The summed E-state index contributed by atoms with van der Waals surface area (Å²) in [6.45, 7) is 12.0. The molecule has 1 atom stereocenters. The molecule has 0 bridgehead atoms. The van der Waals surface area contributed by atoms with E-state index >= 15 is 0 Å². The van der Waals surface area contributed by atoms with Gasteiger partial charge in [0, 0.05) is 29.8 Å². The Bertz CT molecular complexity index is 987. The lowest BCUT2D eigenvalue weighted by Gasteiger charge is -2.38. The van der Waals surface area contributed by atoms with Crippen molar-refractivity contribution in [1.29, 1.82) is 0 Å². The molecule has 1 spiro atoms. The third-order valence-electron chi connectivity index (χ3n) is 7.67. The number of cyclic esters (lactones) is 1. The van der Waals surface area contributed by atoms with Crippen molar-refractivity contribution in [2.45, 2.75) is 52.2 Å². The zero-order chi connectivity index (χ0) is 21.8. The number of hydrogen-bond donors (Lipinski definition) is 0. The molecular weight excluding hydrogens is 392 g/mol. The minimum Gasteiger partial charge on any atom is -0.489 e. The van der Waals surface area contributed by atoms with Crippen molar-refractivity contribution < 1.29 is 19.1 Å². The molecule has 31 heavy (non-hydrogen) atoms. The predicted octanol–water partition coefficient (Wildman–Crippen LogP) is 3.18. The van der Waals surface area contributed by atoms with Crippen LogP contribution in [-0.2, 0) is 32.1 Å². The minimum absolute atomic E-state index is 0.117. The summed E-state index contributed by atoms with van der Waals surface area (Å²) >= 11 is 0. The van der Waals surface area contributed by atoms with Crippen LogP contribution in [-0.4, -0.2) is 54.0 Å². The Hall–Kier alpha value is -2.60. The standard InChI is InChI=1S/C25H30N2O4/c1-16-13-25(24(29)27(16)20-12-23(28)31-14-20)7-10-26(11-8-25)9-6-19-4-5-21-18(3)30-15-22(21)17(19)2/h4-5,12,16H,3,6-11,13-15H2,1-2H3. The summed E-state index contributed by atoms with van der Waals surface area (Å²) in [4.78, 5) is 29.1. The van der Waals surface area contributed by atoms with Gasteiger partial charge in [0.15, 0.2) is 0 Å². The summed E-state index contributed by atoms with van der Waals surface area (Å²) in [5.41, 5.74) is 5.54. The molecule has 6 nitrogen and oxygen atoms in total. The van der Waals surface area contributed by atoms with Crippen molar-refractivity contribution in [2.24, 2.45) is 5.41 Å². The molecule has 4 aliphatic heterocycles. The molecule has 4 aliphatic rings. The molecule has 4 heterocycles. The van der Waals surface area contributed by atoms with Crippen LogP contribution in [0.25, 0.3) is 5.76 Å². The van der Waals surface area contributed by atoms with Gasteiger partial charge < -0.3 is 19.3 Å². The number of benzene rings is 1. The zero-order valence-electron chi connectivity index (χ0n) is 18.4. The fraction of sp³-hybridized carbons (Fsp3) is 0.520. The molecule has 0 N–H and O–H groups in total. The van der Waals surface area contributed by atoms with Crippen molar-refractivity contribution in [1.82, 2.24) is 9.80 Å². The highest BCUT2D eigenvalue weighted by Crippen LogP contribution is 2.46. The van der Waals surface area contributed by atoms with Gasteiger partial charge in [0.2, 0.25) is 5.91 Å². The molecule has 2 fully saturated rings. The minimum atomic E-state index is -0.344. The van der Waals surface area contributed by atoms with E-state index in [2.05, 4.69) is 37.5 Å². The molecule has 164 valence electrons. The Morgan fingerprint density at radius 2 is 1.94 bits per heavy atom. The fourth-order valence-corrected chi connectivity index (χ4v) is 5.78. The number of fused-ring (bicyclic) bond motifs is 1. The second-order valence-corrected chi connectivity index (χ2v) is 9.43. The highest BCUT2D eigenvalue weighted by Gasteiger charge is 2.52. The van der Waals surface area contributed by atoms with Crippen molar-refractivity contribution in [3.63, 3.8) is 0 Å². The lowest BCUT2D eigenvalue weighted by atomic mass is 9.76. The molecule has 0 saturated carbocycles. The monoisotopic (exact) mass is 422 g/mol. The highest BCUT2D eigenvalue weighted by atomic mass is 16.5. The number of esters is 1. The molecule has 2 saturated heterocycles. The average molecular weight is 423 g/mol. The molecule has 0 radical (unpaired) electrons. The molecule has 1 aromatic carbocycles. The number of nitrogens with zero attached hydrogens (tertiary/aromatic N) is 2. The van der Waals surface area contributed by atoms with Crippen LogP contribution in [0.4, 0.5) is 0 Å². The first kappa shape index (κ1) is 20.3. The van der Waals surface area contributed by atoms with Crippen LogP contribution in [0.3, 0.4) is 0 Å². The molecule has 6 heteroatoms. The van der Waals surface area contributed by atoms with E-state index in [0.29, 0.717) is 6.61 Å². The van der Waals surface area contributed by atoms with E-state index in [4.69, 9.17) is 9.47 Å². The van der Waals surface area contributed by atoms with E-state index in [-0.39, 0.29) is 29.9 Å². The largest absolute Gasteiger partial charge is 0.489 e. The Kier molecular flexibility index (Phi) is 4.93. The van der Waals surface area contributed by atoms with E-state index in [9.17, 15) is 9.59 Å². The third kappa shape index (κ3) is 3.37. The summed E-state index contributed by atoms with van der Waals surface area (Å²) in [5.74, 6) is 0.613.